The second kappa shape index (κ2) is 7.27. The highest BCUT2D eigenvalue weighted by atomic mass is 15.1. The Kier molecular flexibility index (Phi) is 5.37. The molecule has 2 heteroatoms. The first-order chi connectivity index (χ1) is 9.29. The van der Waals surface area contributed by atoms with E-state index in [4.69, 9.17) is 5.73 Å². The van der Waals surface area contributed by atoms with E-state index < -0.39 is 0 Å². The van der Waals surface area contributed by atoms with Crippen LogP contribution in [0, 0.1) is 0 Å². The number of hydrogen-bond donors (Lipinski definition) is 1. The number of nitrogens with zero attached hydrogens (tertiary/aromatic N) is 1. The highest BCUT2D eigenvalue weighted by Gasteiger charge is 2.01. The predicted octanol–water partition coefficient (Wildman–Crippen LogP) is 3.40. The zero-order valence-electron chi connectivity index (χ0n) is 11.8. The average molecular weight is 256 g/mol. The molecule has 0 unspecified atom stereocenters. The van der Waals surface area contributed by atoms with Crippen LogP contribution in [-0.2, 0) is 6.54 Å². The smallest absolute Gasteiger partial charge is 0.0230 e. The van der Waals surface area contributed by atoms with E-state index in [1.807, 2.05) is 0 Å². The van der Waals surface area contributed by atoms with Gasteiger partial charge in [-0.2, -0.15) is 0 Å². The van der Waals surface area contributed by atoms with E-state index in [1.165, 1.54) is 29.2 Å². The van der Waals surface area contributed by atoms with E-state index in [0.29, 0.717) is 0 Å². The van der Waals surface area contributed by atoms with Crippen LogP contribution in [0.5, 0.6) is 0 Å². The van der Waals surface area contributed by atoms with E-state index in [2.05, 4.69) is 54.4 Å². The number of rotatable bonds is 7. The summed E-state index contributed by atoms with van der Waals surface area (Å²) in [6, 6.07) is 15.3. The molecule has 0 aliphatic heterocycles. The van der Waals surface area contributed by atoms with Gasteiger partial charge in [0.25, 0.3) is 0 Å². The minimum Gasteiger partial charge on any atom is -0.330 e. The molecule has 0 heterocycles. The third kappa shape index (κ3) is 4.34. The first kappa shape index (κ1) is 14.0. The Morgan fingerprint density at radius 1 is 0.947 bits per heavy atom. The third-order valence-electron chi connectivity index (χ3n) is 3.51. The Hall–Kier alpha value is -1.38. The number of fused-ring (bicyclic) bond motifs is 1. The second-order valence-corrected chi connectivity index (χ2v) is 5.27. The lowest BCUT2D eigenvalue weighted by Gasteiger charge is -2.16. The van der Waals surface area contributed by atoms with Gasteiger partial charge in [0.1, 0.15) is 0 Å². The molecule has 19 heavy (non-hydrogen) atoms. The van der Waals surface area contributed by atoms with Crippen molar-refractivity contribution in [1.82, 2.24) is 4.90 Å². The molecule has 0 aliphatic rings. The summed E-state index contributed by atoms with van der Waals surface area (Å²) in [5.41, 5.74) is 6.90. The zero-order valence-corrected chi connectivity index (χ0v) is 11.8. The van der Waals surface area contributed by atoms with Crippen LogP contribution in [-0.4, -0.2) is 25.0 Å². The Bertz CT molecular complexity index is 507. The van der Waals surface area contributed by atoms with Gasteiger partial charge in [-0.25, -0.2) is 0 Å². The molecule has 0 bridgehead atoms. The van der Waals surface area contributed by atoms with Crippen molar-refractivity contribution < 1.29 is 0 Å². The normalized spacial score (nSPS) is 11.3. The van der Waals surface area contributed by atoms with Crippen molar-refractivity contribution in [3.8, 4) is 0 Å². The summed E-state index contributed by atoms with van der Waals surface area (Å²) in [5.74, 6) is 0. The van der Waals surface area contributed by atoms with Gasteiger partial charge in [0, 0.05) is 6.54 Å². The summed E-state index contributed by atoms with van der Waals surface area (Å²) in [4.78, 5) is 2.39. The maximum atomic E-state index is 5.51. The summed E-state index contributed by atoms with van der Waals surface area (Å²) in [6.45, 7) is 2.98. The molecule has 0 aliphatic carbocycles. The fourth-order valence-corrected chi connectivity index (χ4v) is 2.43. The Morgan fingerprint density at radius 2 is 1.74 bits per heavy atom. The minimum atomic E-state index is 0.814. The minimum absolute atomic E-state index is 0.814. The molecule has 2 aromatic rings. The topological polar surface area (TPSA) is 29.3 Å². The van der Waals surface area contributed by atoms with Gasteiger partial charge in [-0.1, -0.05) is 42.8 Å². The molecule has 0 amide bonds. The Morgan fingerprint density at radius 3 is 2.53 bits per heavy atom. The van der Waals surface area contributed by atoms with Gasteiger partial charge >= 0.3 is 0 Å². The molecule has 0 spiro atoms. The van der Waals surface area contributed by atoms with Crippen LogP contribution in [0.15, 0.2) is 42.5 Å². The van der Waals surface area contributed by atoms with Gasteiger partial charge in [0.05, 0.1) is 0 Å². The van der Waals surface area contributed by atoms with Crippen LogP contribution < -0.4 is 5.73 Å². The standard InChI is InChI=1S/C17H24N2/c1-19(12-6-2-5-11-18)14-15-9-10-16-7-3-4-8-17(16)13-15/h3-4,7-10,13H,2,5-6,11-12,14,18H2,1H3. The largest absolute Gasteiger partial charge is 0.330 e. The lowest BCUT2D eigenvalue weighted by Crippen LogP contribution is -2.19. The Balaban J connectivity index is 1.89. The van der Waals surface area contributed by atoms with Crippen molar-refractivity contribution in [1.29, 1.82) is 0 Å². The molecular formula is C17H24N2. The molecule has 0 fully saturated rings. The maximum absolute atomic E-state index is 5.51. The molecule has 0 saturated carbocycles. The number of nitrogens with two attached hydrogens (primary N) is 1. The molecule has 102 valence electrons. The third-order valence-corrected chi connectivity index (χ3v) is 3.51. The van der Waals surface area contributed by atoms with Crippen molar-refractivity contribution in [2.45, 2.75) is 25.8 Å². The van der Waals surface area contributed by atoms with Crippen LogP contribution in [0.25, 0.3) is 10.8 Å². The molecular weight excluding hydrogens is 232 g/mol. The van der Waals surface area contributed by atoms with E-state index in [1.54, 1.807) is 0 Å². The van der Waals surface area contributed by atoms with Crippen LogP contribution >= 0.6 is 0 Å². The van der Waals surface area contributed by atoms with Gasteiger partial charge in [-0.05, 0) is 55.4 Å². The summed E-state index contributed by atoms with van der Waals surface area (Å²) in [7, 11) is 2.19. The van der Waals surface area contributed by atoms with Crippen LogP contribution in [0.4, 0.5) is 0 Å². The van der Waals surface area contributed by atoms with Gasteiger partial charge in [0.2, 0.25) is 0 Å². The summed E-state index contributed by atoms with van der Waals surface area (Å²) in [5, 5.41) is 2.65. The van der Waals surface area contributed by atoms with Gasteiger partial charge in [0.15, 0.2) is 0 Å². The number of hydrogen-bond acceptors (Lipinski definition) is 2. The first-order valence-corrected chi connectivity index (χ1v) is 7.16. The molecule has 2 aromatic carbocycles. The number of unbranched alkanes of at least 4 members (excludes halogenated alkanes) is 2. The highest BCUT2D eigenvalue weighted by molar-refractivity contribution is 5.82. The van der Waals surface area contributed by atoms with Gasteiger partial charge in [-0.3, -0.25) is 0 Å². The van der Waals surface area contributed by atoms with Crippen LogP contribution in [0.2, 0.25) is 0 Å². The van der Waals surface area contributed by atoms with E-state index >= 15 is 0 Å². The quantitative estimate of drug-likeness (QED) is 0.769. The molecule has 2 N–H and O–H groups in total. The average Bonchev–Trinajstić information content (AvgIpc) is 2.43. The first-order valence-electron chi connectivity index (χ1n) is 7.16. The van der Waals surface area contributed by atoms with Crippen molar-refractivity contribution in [2.24, 2.45) is 5.73 Å². The van der Waals surface area contributed by atoms with Gasteiger partial charge < -0.3 is 10.6 Å². The van der Waals surface area contributed by atoms with Gasteiger partial charge in [-0.15, -0.1) is 0 Å². The summed E-state index contributed by atoms with van der Waals surface area (Å²) >= 11 is 0. The maximum Gasteiger partial charge on any atom is 0.0230 e. The van der Waals surface area contributed by atoms with E-state index in [0.717, 1.165) is 26.1 Å². The number of benzene rings is 2. The SMILES string of the molecule is CN(CCCCCN)Cc1ccc2ccccc2c1. The predicted molar refractivity (Wildman–Crippen MR) is 83.2 cm³/mol. The molecule has 0 saturated heterocycles. The summed E-state index contributed by atoms with van der Waals surface area (Å²) < 4.78 is 0. The lowest BCUT2D eigenvalue weighted by atomic mass is 10.1. The monoisotopic (exact) mass is 256 g/mol. The fourth-order valence-electron chi connectivity index (χ4n) is 2.43. The van der Waals surface area contributed by atoms with Crippen LogP contribution in [0.3, 0.4) is 0 Å². The van der Waals surface area contributed by atoms with Crippen molar-refractivity contribution in [3.63, 3.8) is 0 Å². The van der Waals surface area contributed by atoms with E-state index in [9.17, 15) is 0 Å². The van der Waals surface area contributed by atoms with E-state index in [-0.39, 0.29) is 0 Å². The fraction of sp³-hybridized carbons (Fsp3) is 0.412. The molecule has 0 atom stereocenters. The highest BCUT2D eigenvalue weighted by Crippen LogP contribution is 2.16. The van der Waals surface area contributed by atoms with Crippen molar-refractivity contribution >= 4 is 10.8 Å². The van der Waals surface area contributed by atoms with Crippen molar-refractivity contribution in [3.05, 3.63) is 48.0 Å². The molecule has 0 aromatic heterocycles. The van der Waals surface area contributed by atoms with Crippen LogP contribution in [0.1, 0.15) is 24.8 Å². The molecule has 2 rings (SSSR count). The molecule has 0 radical (unpaired) electrons. The zero-order chi connectivity index (χ0) is 13.5. The summed E-state index contributed by atoms with van der Waals surface area (Å²) in [6.07, 6.45) is 3.61. The van der Waals surface area contributed by atoms with Crippen molar-refractivity contribution in [2.75, 3.05) is 20.1 Å². The Labute approximate surface area is 116 Å². The lowest BCUT2D eigenvalue weighted by molar-refractivity contribution is 0.318. The molecule has 2 nitrogen and oxygen atoms in total. The second-order valence-electron chi connectivity index (χ2n) is 5.27.